The molecule has 11 heteroatoms. The summed E-state index contributed by atoms with van der Waals surface area (Å²) in [6.45, 7) is 11.1. The summed E-state index contributed by atoms with van der Waals surface area (Å²) in [5.74, 6) is -1.26. The van der Waals surface area contributed by atoms with Crippen molar-refractivity contribution in [3.05, 3.63) is 88.1 Å². The van der Waals surface area contributed by atoms with Crippen LogP contribution in [0.2, 0.25) is 0 Å². The highest BCUT2D eigenvalue weighted by Gasteiger charge is 2.34. The standard InChI is InChI=1S/C34H39F2N7O2/c1-20(2)29-31(21(3)14-15-37-29)43-33-25(17-27(36)30(38-33)24-11-8-9-12-26(24)35)32(39-34(43)45)42-19-22(4)41(18-23(42)5)28(44)13-10-16-40(6)7/h8-15,17,20,22-23H,16,18-19H2,1-7H3/b13-10-. The zero-order valence-corrected chi connectivity index (χ0v) is 26.8. The average Bonchev–Trinajstić information content (AvgIpc) is 2.98. The minimum Gasteiger partial charge on any atom is -0.349 e. The average molecular weight is 616 g/mol. The number of benzene rings is 1. The van der Waals surface area contributed by atoms with Crippen molar-refractivity contribution in [2.75, 3.05) is 38.6 Å². The summed E-state index contributed by atoms with van der Waals surface area (Å²) in [6.07, 6.45) is 5.09. The van der Waals surface area contributed by atoms with Crippen LogP contribution in [0.4, 0.5) is 14.6 Å². The van der Waals surface area contributed by atoms with Crippen molar-refractivity contribution in [1.29, 1.82) is 0 Å². The van der Waals surface area contributed by atoms with Crippen LogP contribution in [0.25, 0.3) is 28.0 Å². The number of halogens is 2. The topological polar surface area (TPSA) is 87.5 Å². The first-order valence-corrected chi connectivity index (χ1v) is 15.1. The number of hydrogen-bond donors (Lipinski definition) is 0. The summed E-state index contributed by atoms with van der Waals surface area (Å²) in [7, 11) is 3.86. The van der Waals surface area contributed by atoms with Gasteiger partial charge < -0.3 is 14.7 Å². The third kappa shape index (κ3) is 6.22. The van der Waals surface area contributed by atoms with E-state index in [1.807, 2.05) is 64.6 Å². The normalized spacial score (nSPS) is 17.3. The first-order chi connectivity index (χ1) is 21.4. The molecule has 0 radical (unpaired) electrons. The summed E-state index contributed by atoms with van der Waals surface area (Å²) in [5, 5.41) is 0.301. The fourth-order valence-corrected chi connectivity index (χ4v) is 5.84. The van der Waals surface area contributed by atoms with E-state index in [2.05, 4.69) is 15.0 Å². The highest BCUT2D eigenvalue weighted by Crippen LogP contribution is 2.34. The van der Waals surface area contributed by atoms with Gasteiger partial charge in [0, 0.05) is 49.6 Å². The maximum Gasteiger partial charge on any atom is 0.355 e. The maximum atomic E-state index is 15.9. The fraction of sp³-hybridized carbons (Fsp3) is 0.382. The minimum absolute atomic E-state index is 0.0160. The Morgan fingerprint density at radius 2 is 1.80 bits per heavy atom. The summed E-state index contributed by atoms with van der Waals surface area (Å²) < 4.78 is 32.2. The molecule has 2 unspecified atom stereocenters. The molecule has 0 spiro atoms. The van der Waals surface area contributed by atoms with Crippen LogP contribution in [0.5, 0.6) is 0 Å². The van der Waals surface area contributed by atoms with Gasteiger partial charge in [-0.25, -0.2) is 23.1 Å². The van der Waals surface area contributed by atoms with E-state index in [0.29, 0.717) is 36.4 Å². The molecule has 1 aromatic carbocycles. The number of aryl methyl sites for hydroxylation is 1. The van der Waals surface area contributed by atoms with Crippen molar-refractivity contribution in [2.45, 2.75) is 52.6 Å². The molecule has 45 heavy (non-hydrogen) atoms. The molecular formula is C34H39F2N7O2. The molecule has 1 amide bonds. The number of hydrogen-bond acceptors (Lipinski definition) is 7. The Balaban J connectivity index is 1.70. The number of nitrogens with zero attached hydrogens (tertiary/aromatic N) is 7. The molecule has 4 heterocycles. The van der Waals surface area contributed by atoms with Crippen LogP contribution in [0, 0.1) is 18.6 Å². The van der Waals surface area contributed by atoms with E-state index >= 15 is 4.39 Å². The highest BCUT2D eigenvalue weighted by molar-refractivity contribution is 5.91. The van der Waals surface area contributed by atoms with Gasteiger partial charge in [0.15, 0.2) is 5.65 Å². The molecule has 0 bridgehead atoms. The van der Waals surface area contributed by atoms with Gasteiger partial charge in [0.2, 0.25) is 5.91 Å². The number of carbonyl (C=O) groups excluding carboxylic acids is 1. The van der Waals surface area contributed by atoms with Gasteiger partial charge in [0.1, 0.15) is 23.1 Å². The van der Waals surface area contributed by atoms with Gasteiger partial charge in [0.25, 0.3) is 0 Å². The van der Waals surface area contributed by atoms with E-state index in [1.54, 1.807) is 29.3 Å². The number of piperazine rings is 1. The fourth-order valence-electron chi connectivity index (χ4n) is 5.84. The lowest BCUT2D eigenvalue weighted by Crippen LogP contribution is -2.58. The van der Waals surface area contributed by atoms with E-state index < -0.39 is 17.3 Å². The molecule has 1 aliphatic heterocycles. The van der Waals surface area contributed by atoms with Gasteiger partial charge in [-0.15, -0.1) is 0 Å². The van der Waals surface area contributed by atoms with Gasteiger partial charge in [-0.3, -0.25) is 9.78 Å². The smallest absolute Gasteiger partial charge is 0.349 e. The molecule has 0 aliphatic carbocycles. The van der Waals surface area contributed by atoms with Crippen LogP contribution in [0.15, 0.2) is 59.5 Å². The lowest BCUT2D eigenvalue weighted by Gasteiger charge is -2.44. The lowest BCUT2D eigenvalue weighted by molar-refractivity contribution is -0.128. The monoisotopic (exact) mass is 615 g/mol. The highest BCUT2D eigenvalue weighted by atomic mass is 19.1. The molecule has 1 fully saturated rings. The Hall–Kier alpha value is -4.51. The Bertz CT molecular complexity index is 1840. The number of carbonyl (C=O) groups is 1. The Morgan fingerprint density at radius 1 is 1.07 bits per heavy atom. The third-order valence-electron chi connectivity index (χ3n) is 8.13. The quantitative estimate of drug-likeness (QED) is 0.268. The molecule has 5 rings (SSSR count). The second-order valence-corrected chi connectivity index (χ2v) is 12.2. The largest absolute Gasteiger partial charge is 0.355 e. The molecule has 0 N–H and O–H groups in total. The zero-order chi connectivity index (χ0) is 32.6. The number of amides is 1. The first-order valence-electron chi connectivity index (χ1n) is 15.1. The molecular weight excluding hydrogens is 576 g/mol. The second-order valence-electron chi connectivity index (χ2n) is 12.2. The summed E-state index contributed by atoms with van der Waals surface area (Å²) >= 11 is 0. The van der Waals surface area contributed by atoms with Crippen molar-refractivity contribution in [2.24, 2.45) is 0 Å². The van der Waals surface area contributed by atoms with Gasteiger partial charge in [-0.2, -0.15) is 4.98 Å². The van der Waals surface area contributed by atoms with Crippen LogP contribution in [-0.2, 0) is 4.79 Å². The van der Waals surface area contributed by atoms with Crippen molar-refractivity contribution in [1.82, 2.24) is 29.3 Å². The van der Waals surface area contributed by atoms with Gasteiger partial charge in [0.05, 0.1) is 16.8 Å². The summed E-state index contributed by atoms with van der Waals surface area (Å²) in [6, 6.07) is 8.43. The van der Waals surface area contributed by atoms with E-state index in [-0.39, 0.29) is 46.6 Å². The van der Waals surface area contributed by atoms with E-state index in [4.69, 9.17) is 0 Å². The van der Waals surface area contributed by atoms with E-state index in [9.17, 15) is 14.0 Å². The Morgan fingerprint density at radius 3 is 2.49 bits per heavy atom. The van der Waals surface area contributed by atoms with Gasteiger partial charge >= 0.3 is 5.69 Å². The predicted molar refractivity (Wildman–Crippen MR) is 173 cm³/mol. The number of likely N-dealkylation sites (N-methyl/N-ethyl adjacent to an activating group) is 1. The van der Waals surface area contributed by atoms with Crippen LogP contribution in [0.1, 0.15) is 44.9 Å². The number of fused-ring (bicyclic) bond motifs is 1. The maximum absolute atomic E-state index is 15.9. The Labute approximate surface area is 261 Å². The number of pyridine rings is 2. The van der Waals surface area contributed by atoms with Crippen molar-refractivity contribution >= 4 is 22.8 Å². The van der Waals surface area contributed by atoms with Crippen molar-refractivity contribution in [3.8, 4) is 16.9 Å². The van der Waals surface area contributed by atoms with E-state index in [0.717, 1.165) is 5.56 Å². The molecule has 1 saturated heterocycles. The Kier molecular flexibility index (Phi) is 9.11. The predicted octanol–water partition coefficient (Wildman–Crippen LogP) is 5.10. The number of rotatable bonds is 7. The molecule has 3 aromatic heterocycles. The third-order valence-corrected chi connectivity index (χ3v) is 8.13. The molecule has 0 saturated carbocycles. The van der Waals surface area contributed by atoms with Gasteiger partial charge in [-0.1, -0.05) is 32.1 Å². The van der Waals surface area contributed by atoms with Crippen LogP contribution < -0.4 is 10.6 Å². The number of aromatic nitrogens is 4. The first kappa shape index (κ1) is 31.9. The second kappa shape index (κ2) is 12.8. The molecule has 9 nitrogen and oxygen atoms in total. The van der Waals surface area contributed by atoms with Crippen molar-refractivity contribution < 1.29 is 13.6 Å². The zero-order valence-electron chi connectivity index (χ0n) is 26.8. The molecule has 1 aliphatic rings. The lowest BCUT2D eigenvalue weighted by atomic mass is 10.0. The molecule has 2 atom stereocenters. The van der Waals surface area contributed by atoms with Gasteiger partial charge in [-0.05, 0) is 70.6 Å². The van der Waals surface area contributed by atoms with Crippen LogP contribution >= 0.6 is 0 Å². The number of anilines is 1. The summed E-state index contributed by atoms with van der Waals surface area (Å²) in [4.78, 5) is 46.5. The van der Waals surface area contributed by atoms with E-state index in [1.165, 1.54) is 28.8 Å². The SMILES string of the molecule is Cc1ccnc(C(C)C)c1-n1c(=O)nc(N2CC(C)N(C(=O)/C=C\CN(C)C)CC2C)c2cc(F)c(-c3ccccc3F)nc21. The summed E-state index contributed by atoms with van der Waals surface area (Å²) in [5.41, 5.74) is 1.25. The molecule has 4 aromatic rings. The minimum atomic E-state index is -0.742. The van der Waals surface area contributed by atoms with Crippen LogP contribution in [0.3, 0.4) is 0 Å². The van der Waals surface area contributed by atoms with Crippen LogP contribution in [-0.4, -0.2) is 81.0 Å². The molecule has 236 valence electrons. The van der Waals surface area contributed by atoms with Crippen molar-refractivity contribution in [3.63, 3.8) is 0 Å².